The Hall–Kier alpha value is -2.99. The van der Waals surface area contributed by atoms with E-state index in [2.05, 4.69) is 10.6 Å². The summed E-state index contributed by atoms with van der Waals surface area (Å²) in [6.45, 7) is 4.23. The van der Waals surface area contributed by atoms with Crippen LogP contribution >= 0.6 is 11.6 Å². The van der Waals surface area contributed by atoms with Crippen LogP contribution in [0.3, 0.4) is 0 Å². The maximum atomic E-state index is 12.2. The van der Waals surface area contributed by atoms with E-state index in [9.17, 15) is 9.59 Å². The van der Waals surface area contributed by atoms with E-state index in [0.29, 0.717) is 41.1 Å². The molecule has 2 aromatic carbocycles. The molecular formula is C20H19ClN2O4. The molecule has 0 atom stereocenters. The number of anilines is 2. The van der Waals surface area contributed by atoms with Crippen LogP contribution < -0.4 is 20.1 Å². The third kappa shape index (κ3) is 4.80. The van der Waals surface area contributed by atoms with Gasteiger partial charge in [0.1, 0.15) is 13.2 Å². The molecule has 0 fully saturated rings. The van der Waals surface area contributed by atoms with Gasteiger partial charge in [0, 0.05) is 24.4 Å². The average Bonchev–Trinajstić information content (AvgIpc) is 2.62. The Morgan fingerprint density at radius 2 is 1.89 bits per heavy atom. The minimum Gasteiger partial charge on any atom is -0.486 e. The molecule has 3 rings (SSSR count). The number of aryl methyl sites for hydroxylation is 1. The van der Waals surface area contributed by atoms with E-state index < -0.39 is 0 Å². The number of rotatable bonds is 4. The molecule has 2 N–H and O–H groups in total. The maximum Gasteiger partial charge on any atom is 0.248 e. The van der Waals surface area contributed by atoms with Crippen molar-refractivity contribution >= 4 is 40.9 Å². The van der Waals surface area contributed by atoms with Gasteiger partial charge in [0.2, 0.25) is 11.8 Å². The van der Waals surface area contributed by atoms with Crippen LogP contribution in [0, 0.1) is 6.92 Å². The fourth-order valence-electron chi connectivity index (χ4n) is 2.61. The molecule has 0 aromatic heterocycles. The van der Waals surface area contributed by atoms with Gasteiger partial charge in [-0.15, -0.1) is 0 Å². The van der Waals surface area contributed by atoms with Crippen LogP contribution in [-0.4, -0.2) is 25.0 Å². The quantitative estimate of drug-likeness (QED) is 0.778. The molecule has 0 unspecified atom stereocenters. The minimum atomic E-state index is -0.307. The van der Waals surface area contributed by atoms with Gasteiger partial charge in [-0.25, -0.2) is 0 Å². The largest absolute Gasteiger partial charge is 0.486 e. The zero-order chi connectivity index (χ0) is 19.4. The summed E-state index contributed by atoms with van der Waals surface area (Å²) < 4.78 is 11.0. The van der Waals surface area contributed by atoms with Gasteiger partial charge < -0.3 is 20.1 Å². The number of hydrogen-bond acceptors (Lipinski definition) is 4. The zero-order valence-electron chi connectivity index (χ0n) is 15.0. The van der Waals surface area contributed by atoms with Crippen molar-refractivity contribution in [1.82, 2.24) is 0 Å². The molecule has 140 valence electrons. The molecule has 2 aromatic rings. The third-order valence-electron chi connectivity index (χ3n) is 3.86. The van der Waals surface area contributed by atoms with E-state index in [4.69, 9.17) is 21.1 Å². The molecule has 1 aliphatic rings. The summed E-state index contributed by atoms with van der Waals surface area (Å²) >= 11 is 6.19. The summed E-state index contributed by atoms with van der Waals surface area (Å²) in [5.41, 5.74) is 2.87. The second kappa shape index (κ2) is 8.14. The highest BCUT2D eigenvalue weighted by Crippen LogP contribution is 2.38. The maximum absolute atomic E-state index is 12.2. The Bertz CT molecular complexity index is 924. The van der Waals surface area contributed by atoms with E-state index in [-0.39, 0.29) is 11.8 Å². The highest BCUT2D eigenvalue weighted by atomic mass is 35.5. The van der Waals surface area contributed by atoms with Crippen molar-refractivity contribution in [1.29, 1.82) is 0 Å². The molecule has 0 aliphatic carbocycles. The summed E-state index contributed by atoms with van der Waals surface area (Å²) in [7, 11) is 0. The Labute approximate surface area is 162 Å². The van der Waals surface area contributed by atoms with Crippen molar-refractivity contribution in [3.8, 4) is 11.5 Å². The first-order valence-corrected chi connectivity index (χ1v) is 8.76. The lowest BCUT2D eigenvalue weighted by Gasteiger charge is -2.19. The first kappa shape index (κ1) is 18.8. The number of amides is 2. The van der Waals surface area contributed by atoms with Gasteiger partial charge in [0.05, 0.1) is 5.02 Å². The summed E-state index contributed by atoms with van der Waals surface area (Å²) in [4.78, 5) is 23.5. The van der Waals surface area contributed by atoms with E-state index in [0.717, 1.165) is 11.1 Å². The van der Waals surface area contributed by atoms with Crippen LogP contribution in [0.5, 0.6) is 11.5 Å². The van der Waals surface area contributed by atoms with Crippen molar-refractivity contribution in [3.05, 3.63) is 52.6 Å². The fraction of sp³-hybridized carbons (Fsp3) is 0.200. The van der Waals surface area contributed by atoms with Gasteiger partial charge in [-0.05, 0) is 48.4 Å². The number of carbonyl (C=O) groups excluding carboxylic acids is 2. The van der Waals surface area contributed by atoms with Gasteiger partial charge in [-0.3, -0.25) is 9.59 Å². The van der Waals surface area contributed by atoms with Crippen LogP contribution in [0.4, 0.5) is 11.4 Å². The van der Waals surface area contributed by atoms with Gasteiger partial charge >= 0.3 is 0 Å². The van der Waals surface area contributed by atoms with Crippen LogP contribution in [0.25, 0.3) is 6.08 Å². The van der Waals surface area contributed by atoms with Crippen LogP contribution in [0.15, 0.2) is 36.4 Å². The Kier molecular flexibility index (Phi) is 5.66. The standard InChI is InChI=1S/C20H19ClN2O4/c1-12-3-5-15(11-17(12)22-13(2)24)23-19(25)6-4-14-9-16(21)20-18(10-14)26-7-8-27-20/h3-6,9-11H,7-8H2,1-2H3,(H,22,24)(H,23,25)/b6-4+. The van der Waals surface area contributed by atoms with E-state index in [1.807, 2.05) is 13.0 Å². The van der Waals surface area contributed by atoms with Gasteiger partial charge in [0.15, 0.2) is 11.5 Å². The highest BCUT2D eigenvalue weighted by Gasteiger charge is 2.16. The lowest BCUT2D eigenvalue weighted by Crippen LogP contribution is -2.15. The number of nitrogens with one attached hydrogen (secondary N) is 2. The molecule has 1 aliphatic heterocycles. The number of hydrogen-bond donors (Lipinski definition) is 2. The molecular weight excluding hydrogens is 368 g/mol. The van der Waals surface area contributed by atoms with E-state index in [1.165, 1.54) is 13.0 Å². The zero-order valence-corrected chi connectivity index (χ0v) is 15.7. The lowest BCUT2D eigenvalue weighted by atomic mass is 10.1. The van der Waals surface area contributed by atoms with Crippen molar-refractivity contribution < 1.29 is 19.1 Å². The van der Waals surface area contributed by atoms with Gasteiger partial charge in [-0.2, -0.15) is 0 Å². The summed E-state index contributed by atoms with van der Waals surface area (Å²) in [6.07, 6.45) is 3.04. The third-order valence-corrected chi connectivity index (χ3v) is 4.14. The van der Waals surface area contributed by atoms with E-state index in [1.54, 1.807) is 30.3 Å². The molecule has 0 bridgehead atoms. The Balaban J connectivity index is 1.71. The fourth-order valence-corrected chi connectivity index (χ4v) is 2.88. The second-order valence-electron chi connectivity index (χ2n) is 6.06. The lowest BCUT2D eigenvalue weighted by molar-refractivity contribution is -0.114. The number of carbonyl (C=O) groups is 2. The Morgan fingerprint density at radius 1 is 1.11 bits per heavy atom. The molecule has 1 heterocycles. The summed E-state index contributed by atoms with van der Waals surface area (Å²) in [5, 5.41) is 5.93. The molecule has 0 saturated heterocycles. The number of halogens is 1. The number of benzene rings is 2. The van der Waals surface area contributed by atoms with Gasteiger partial charge in [-0.1, -0.05) is 17.7 Å². The highest BCUT2D eigenvalue weighted by molar-refractivity contribution is 6.32. The minimum absolute atomic E-state index is 0.169. The number of fused-ring (bicyclic) bond motifs is 1. The summed E-state index contributed by atoms with van der Waals surface area (Å²) in [6, 6.07) is 8.78. The topological polar surface area (TPSA) is 76.7 Å². The first-order chi connectivity index (χ1) is 12.9. The van der Waals surface area contributed by atoms with Crippen LogP contribution in [0.1, 0.15) is 18.1 Å². The van der Waals surface area contributed by atoms with Gasteiger partial charge in [0.25, 0.3) is 0 Å². The van der Waals surface area contributed by atoms with Crippen LogP contribution in [0.2, 0.25) is 5.02 Å². The second-order valence-corrected chi connectivity index (χ2v) is 6.47. The first-order valence-electron chi connectivity index (χ1n) is 8.39. The molecule has 0 radical (unpaired) electrons. The smallest absolute Gasteiger partial charge is 0.248 e. The number of ether oxygens (including phenoxy) is 2. The van der Waals surface area contributed by atoms with Crippen LogP contribution in [-0.2, 0) is 9.59 Å². The average molecular weight is 387 g/mol. The van der Waals surface area contributed by atoms with E-state index >= 15 is 0 Å². The summed E-state index contributed by atoms with van der Waals surface area (Å²) in [5.74, 6) is 0.609. The Morgan fingerprint density at radius 3 is 2.67 bits per heavy atom. The molecule has 7 heteroatoms. The molecule has 0 spiro atoms. The van der Waals surface area contributed by atoms with Crippen molar-refractivity contribution in [2.24, 2.45) is 0 Å². The van der Waals surface area contributed by atoms with Crippen molar-refractivity contribution in [2.75, 3.05) is 23.8 Å². The van der Waals surface area contributed by atoms with Crippen molar-refractivity contribution in [3.63, 3.8) is 0 Å². The van der Waals surface area contributed by atoms with Crippen molar-refractivity contribution in [2.45, 2.75) is 13.8 Å². The monoisotopic (exact) mass is 386 g/mol. The molecule has 2 amide bonds. The molecule has 6 nitrogen and oxygen atoms in total. The predicted octanol–water partition coefficient (Wildman–Crippen LogP) is 4.03. The predicted molar refractivity (Wildman–Crippen MR) is 106 cm³/mol. The SMILES string of the molecule is CC(=O)Nc1cc(NC(=O)/C=C/c2cc(Cl)c3c(c2)OCCO3)ccc1C. The normalized spacial score (nSPS) is 12.7. The molecule has 27 heavy (non-hydrogen) atoms. The molecule has 0 saturated carbocycles.